The molecule has 1 aliphatic rings. The van der Waals surface area contributed by atoms with Crippen LogP contribution >= 0.6 is 0 Å². The standard InChI is InChI=1S/C19H16N4O/c1-12-7-3-6-10-17(12)23-13(2)20-16(19(23)24)11-18-21-14-8-4-5-9-15(14)22-18/h3-11,24H,1-2H3. The molecular weight excluding hydrogens is 300 g/mol. The van der Waals surface area contributed by atoms with Crippen LogP contribution in [-0.2, 0) is 0 Å². The Bertz CT molecular complexity index is 1060. The van der Waals surface area contributed by atoms with Crippen molar-refractivity contribution in [3.05, 3.63) is 82.1 Å². The van der Waals surface area contributed by atoms with Gasteiger partial charge in [0, 0.05) is 6.08 Å². The number of hydrogen-bond acceptors (Lipinski definition) is 4. The second-order valence-electron chi connectivity index (χ2n) is 5.70. The molecule has 2 heterocycles. The van der Waals surface area contributed by atoms with E-state index in [9.17, 15) is 5.11 Å². The topological polar surface area (TPSA) is 62.8 Å². The zero-order chi connectivity index (χ0) is 16.7. The molecule has 0 amide bonds. The Morgan fingerprint density at radius 3 is 2.21 bits per heavy atom. The number of hydrogen-bond donors (Lipinski definition) is 1. The Morgan fingerprint density at radius 1 is 0.917 bits per heavy atom. The number of benzene rings is 2. The van der Waals surface area contributed by atoms with Gasteiger partial charge in [-0.05, 0) is 37.6 Å². The van der Waals surface area contributed by atoms with Crippen LogP contribution in [0.5, 0.6) is 5.88 Å². The van der Waals surface area contributed by atoms with Gasteiger partial charge in [-0.25, -0.2) is 15.0 Å². The molecule has 4 rings (SSSR count). The number of fused-ring (bicyclic) bond motifs is 1. The molecule has 0 bridgehead atoms. The third-order valence-electron chi connectivity index (χ3n) is 4.02. The molecule has 0 fully saturated rings. The summed E-state index contributed by atoms with van der Waals surface area (Å²) in [5.74, 6) is 1.35. The fourth-order valence-electron chi connectivity index (χ4n) is 2.85. The minimum absolute atomic E-state index is 0.0932. The molecule has 1 aliphatic heterocycles. The molecule has 0 radical (unpaired) electrons. The van der Waals surface area contributed by atoms with Crippen LogP contribution in [0.1, 0.15) is 17.1 Å². The van der Waals surface area contributed by atoms with Crippen molar-refractivity contribution in [3.63, 3.8) is 0 Å². The molecular formula is C19H16N4O. The zero-order valence-electron chi connectivity index (χ0n) is 13.4. The second kappa shape index (κ2) is 5.45. The van der Waals surface area contributed by atoms with E-state index in [1.807, 2.05) is 62.4 Å². The zero-order valence-corrected chi connectivity index (χ0v) is 13.4. The lowest BCUT2D eigenvalue weighted by Crippen LogP contribution is -2.19. The van der Waals surface area contributed by atoms with Gasteiger partial charge in [0.05, 0.1) is 16.4 Å². The average Bonchev–Trinajstić information content (AvgIpc) is 3.09. The SMILES string of the molecule is Cc1ccccc1-n1c(C)nc(C=C2N=c3ccccc3=N2)c1O. The van der Waals surface area contributed by atoms with Crippen LogP contribution in [0.3, 0.4) is 0 Å². The Morgan fingerprint density at radius 2 is 1.54 bits per heavy atom. The van der Waals surface area contributed by atoms with Gasteiger partial charge in [-0.15, -0.1) is 0 Å². The highest BCUT2D eigenvalue weighted by Crippen LogP contribution is 2.27. The van der Waals surface area contributed by atoms with E-state index in [4.69, 9.17) is 0 Å². The number of aryl methyl sites for hydroxylation is 2. The first-order valence-corrected chi connectivity index (χ1v) is 7.72. The van der Waals surface area contributed by atoms with Crippen LogP contribution in [0, 0.1) is 13.8 Å². The fourth-order valence-corrected chi connectivity index (χ4v) is 2.85. The third-order valence-corrected chi connectivity index (χ3v) is 4.02. The van der Waals surface area contributed by atoms with Crippen molar-refractivity contribution in [2.24, 2.45) is 9.98 Å². The summed E-state index contributed by atoms with van der Waals surface area (Å²) in [4.78, 5) is 13.4. The van der Waals surface area contributed by atoms with Crippen molar-refractivity contribution in [2.45, 2.75) is 13.8 Å². The molecule has 1 N–H and O–H groups in total. The van der Waals surface area contributed by atoms with Crippen molar-refractivity contribution in [1.29, 1.82) is 0 Å². The number of aromatic hydroxyl groups is 1. The Hall–Kier alpha value is -3.21. The Kier molecular flexibility index (Phi) is 3.27. The summed E-state index contributed by atoms with van der Waals surface area (Å²) in [6.45, 7) is 3.87. The molecule has 0 spiro atoms. The first-order valence-electron chi connectivity index (χ1n) is 7.72. The highest BCUT2D eigenvalue weighted by molar-refractivity contribution is 5.57. The van der Waals surface area contributed by atoms with Gasteiger partial charge < -0.3 is 5.11 Å². The smallest absolute Gasteiger partial charge is 0.223 e. The van der Waals surface area contributed by atoms with E-state index >= 15 is 0 Å². The highest BCUT2D eigenvalue weighted by atomic mass is 16.3. The maximum absolute atomic E-state index is 10.6. The quantitative estimate of drug-likeness (QED) is 0.789. The summed E-state index contributed by atoms with van der Waals surface area (Å²) in [7, 11) is 0. The molecule has 118 valence electrons. The van der Waals surface area contributed by atoms with Crippen LogP contribution in [-0.4, -0.2) is 14.7 Å². The van der Waals surface area contributed by atoms with E-state index < -0.39 is 0 Å². The van der Waals surface area contributed by atoms with E-state index in [2.05, 4.69) is 15.0 Å². The summed E-state index contributed by atoms with van der Waals surface area (Å²) in [5, 5.41) is 12.3. The highest BCUT2D eigenvalue weighted by Gasteiger charge is 2.16. The van der Waals surface area contributed by atoms with Crippen molar-refractivity contribution in [1.82, 2.24) is 9.55 Å². The average molecular weight is 316 g/mol. The van der Waals surface area contributed by atoms with Gasteiger partial charge in [-0.2, -0.15) is 0 Å². The molecule has 0 saturated carbocycles. The maximum atomic E-state index is 10.6. The first-order chi connectivity index (χ1) is 11.6. The first kappa shape index (κ1) is 14.4. The van der Waals surface area contributed by atoms with Crippen LogP contribution in [0.15, 0.2) is 64.3 Å². The van der Waals surface area contributed by atoms with E-state index in [0.717, 1.165) is 22.0 Å². The molecule has 5 nitrogen and oxygen atoms in total. The van der Waals surface area contributed by atoms with Gasteiger partial charge in [0.15, 0.2) is 5.82 Å². The van der Waals surface area contributed by atoms with Crippen molar-refractivity contribution in [3.8, 4) is 11.6 Å². The fraction of sp³-hybridized carbons (Fsp3) is 0.105. The lowest BCUT2D eigenvalue weighted by atomic mass is 10.2. The number of imidazole rings is 1. The van der Waals surface area contributed by atoms with E-state index in [1.54, 1.807) is 10.6 Å². The molecule has 24 heavy (non-hydrogen) atoms. The number of nitrogens with zero attached hydrogens (tertiary/aromatic N) is 4. The minimum atomic E-state index is 0.0932. The van der Waals surface area contributed by atoms with Crippen molar-refractivity contribution < 1.29 is 5.11 Å². The van der Waals surface area contributed by atoms with Gasteiger partial charge in [-0.1, -0.05) is 30.3 Å². The molecule has 3 aromatic rings. The number of rotatable bonds is 2. The van der Waals surface area contributed by atoms with E-state index in [1.165, 1.54) is 0 Å². The number of aromatic nitrogens is 2. The molecule has 0 saturated heterocycles. The molecule has 0 aliphatic carbocycles. The summed E-state index contributed by atoms with van der Waals surface area (Å²) in [6.07, 6.45) is 1.71. The minimum Gasteiger partial charge on any atom is -0.493 e. The third kappa shape index (κ3) is 2.31. The van der Waals surface area contributed by atoms with Gasteiger partial charge in [0.2, 0.25) is 5.88 Å². The van der Waals surface area contributed by atoms with Crippen LogP contribution < -0.4 is 10.7 Å². The van der Waals surface area contributed by atoms with Crippen molar-refractivity contribution >= 4 is 6.08 Å². The lowest BCUT2D eigenvalue weighted by Gasteiger charge is -2.09. The summed E-state index contributed by atoms with van der Waals surface area (Å²) < 4.78 is 1.74. The Labute approximate surface area is 139 Å². The van der Waals surface area contributed by atoms with Crippen LogP contribution in [0.2, 0.25) is 0 Å². The van der Waals surface area contributed by atoms with Gasteiger partial charge in [-0.3, -0.25) is 4.57 Å². The van der Waals surface area contributed by atoms with Crippen molar-refractivity contribution in [2.75, 3.05) is 0 Å². The largest absolute Gasteiger partial charge is 0.493 e. The second-order valence-corrected chi connectivity index (χ2v) is 5.70. The summed E-state index contributed by atoms with van der Waals surface area (Å²) in [5.41, 5.74) is 2.44. The maximum Gasteiger partial charge on any atom is 0.223 e. The Balaban J connectivity index is 1.82. The number of para-hydroxylation sites is 3. The predicted molar refractivity (Wildman–Crippen MR) is 91.4 cm³/mol. The molecule has 5 heteroatoms. The molecule has 2 aromatic carbocycles. The van der Waals surface area contributed by atoms with E-state index in [0.29, 0.717) is 17.3 Å². The van der Waals surface area contributed by atoms with Crippen LogP contribution in [0.4, 0.5) is 0 Å². The molecule has 1 aromatic heterocycles. The van der Waals surface area contributed by atoms with Crippen LogP contribution in [0.25, 0.3) is 11.8 Å². The normalized spacial score (nSPS) is 12.5. The predicted octanol–water partition coefficient (Wildman–Crippen LogP) is 2.45. The molecule has 0 atom stereocenters. The van der Waals surface area contributed by atoms with Gasteiger partial charge in [0.25, 0.3) is 0 Å². The monoisotopic (exact) mass is 316 g/mol. The lowest BCUT2D eigenvalue weighted by molar-refractivity contribution is 0.440. The van der Waals surface area contributed by atoms with Gasteiger partial charge in [0.1, 0.15) is 11.5 Å². The summed E-state index contributed by atoms with van der Waals surface area (Å²) in [6, 6.07) is 15.6. The summed E-state index contributed by atoms with van der Waals surface area (Å²) >= 11 is 0. The van der Waals surface area contributed by atoms with E-state index in [-0.39, 0.29) is 5.88 Å². The molecule has 0 unspecified atom stereocenters. The van der Waals surface area contributed by atoms with Gasteiger partial charge >= 0.3 is 0 Å².